The Labute approximate surface area is 111 Å². The van der Waals surface area contributed by atoms with Gasteiger partial charge in [-0.05, 0) is 47.7 Å². The number of nitrogens with zero attached hydrogens (tertiary/aromatic N) is 1. The van der Waals surface area contributed by atoms with Gasteiger partial charge in [-0.3, -0.25) is 4.98 Å². The molecule has 0 saturated carbocycles. The Morgan fingerprint density at radius 2 is 2.31 bits per heavy atom. The zero-order chi connectivity index (χ0) is 11.5. The largest absolute Gasteiger partial charge is 0.377 e. The minimum Gasteiger partial charge on any atom is -0.377 e. The van der Waals surface area contributed by atoms with Crippen LogP contribution in [0.2, 0.25) is 0 Å². The molecule has 1 aromatic carbocycles. The molecule has 1 N–H and O–H groups in total. The van der Waals surface area contributed by atoms with Crippen LogP contribution in [-0.4, -0.2) is 4.98 Å². The number of hydrogen-bond acceptors (Lipinski definition) is 3. The van der Waals surface area contributed by atoms with E-state index in [9.17, 15) is 4.39 Å². The average molecular weight is 348 g/mol. The molecule has 0 bridgehead atoms. The number of nitrogens with one attached hydrogen (secondary N) is 1. The first kappa shape index (κ1) is 11.8. The Morgan fingerprint density at radius 1 is 1.50 bits per heavy atom. The second-order valence-electron chi connectivity index (χ2n) is 3.39. The second kappa shape index (κ2) is 5.09. The zero-order valence-electron chi connectivity index (χ0n) is 8.58. The lowest BCUT2D eigenvalue weighted by Gasteiger charge is -2.14. The highest BCUT2D eigenvalue weighted by Crippen LogP contribution is 2.25. The van der Waals surface area contributed by atoms with E-state index in [0.717, 1.165) is 9.26 Å². The monoisotopic (exact) mass is 348 g/mol. The Balaban J connectivity index is 2.15. The first-order valence-corrected chi connectivity index (χ1v) is 6.72. The van der Waals surface area contributed by atoms with Gasteiger partial charge < -0.3 is 5.32 Å². The van der Waals surface area contributed by atoms with Gasteiger partial charge in [0.05, 0.1) is 11.6 Å². The van der Waals surface area contributed by atoms with Gasteiger partial charge in [-0.2, -0.15) is 0 Å². The molecule has 2 aromatic rings. The molecule has 0 amide bonds. The predicted molar refractivity (Wildman–Crippen MR) is 73.3 cm³/mol. The quantitative estimate of drug-likeness (QED) is 0.847. The van der Waals surface area contributed by atoms with Gasteiger partial charge in [0.2, 0.25) is 0 Å². The summed E-state index contributed by atoms with van der Waals surface area (Å²) < 4.78 is 13.8. The van der Waals surface area contributed by atoms with Crippen molar-refractivity contribution in [3.63, 3.8) is 0 Å². The van der Waals surface area contributed by atoms with Crippen LogP contribution in [-0.2, 0) is 0 Å². The summed E-state index contributed by atoms with van der Waals surface area (Å²) in [7, 11) is 0. The van der Waals surface area contributed by atoms with E-state index in [1.54, 1.807) is 17.4 Å². The smallest absolute Gasteiger partial charge is 0.124 e. The molecule has 0 aliphatic rings. The van der Waals surface area contributed by atoms with Gasteiger partial charge in [-0.25, -0.2) is 4.39 Å². The Kier molecular flexibility index (Phi) is 3.75. The van der Waals surface area contributed by atoms with E-state index >= 15 is 0 Å². The van der Waals surface area contributed by atoms with Gasteiger partial charge >= 0.3 is 0 Å². The summed E-state index contributed by atoms with van der Waals surface area (Å²) in [6.07, 6.45) is 1.85. The van der Waals surface area contributed by atoms with Crippen molar-refractivity contribution in [3.8, 4) is 0 Å². The lowest BCUT2D eigenvalue weighted by atomic mass is 10.2. The molecule has 0 aliphatic carbocycles. The molecule has 16 heavy (non-hydrogen) atoms. The van der Waals surface area contributed by atoms with Crippen molar-refractivity contribution < 1.29 is 4.39 Å². The van der Waals surface area contributed by atoms with Gasteiger partial charge in [0.25, 0.3) is 0 Å². The maximum absolute atomic E-state index is 12.9. The Hall–Kier alpha value is -0.690. The summed E-state index contributed by atoms with van der Waals surface area (Å²) in [5.41, 5.74) is 2.76. The number of anilines is 1. The van der Waals surface area contributed by atoms with Gasteiger partial charge in [0.1, 0.15) is 5.82 Å². The summed E-state index contributed by atoms with van der Waals surface area (Å²) >= 11 is 3.73. The van der Waals surface area contributed by atoms with Crippen molar-refractivity contribution in [2.75, 3.05) is 5.32 Å². The molecule has 1 heterocycles. The van der Waals surface area contributed by atoms with E-state index in [-0.39, 0.29) is 11.9 Å². The van der Waals surface area contributed by atoms with Crippen LogP contribution in [0.5, 0.6) is 0 Å². The van der Waals surface area contributed by atoms with E-state index in [0.29, 0.717) is 0 Å². The van der Waals surface area contributed by atoms with Gasteiger partial charge in [0.15, 0.2) is 0 Å². The number of rotatable bonds is 3. The summed E-state index contributed by atoms with van der Waals surface area (Å²) in [5, 5.41) is 3.34. The fourth-order valence-corrected chi connectivity index (χ4v) is 2.61. The van der Waals surface area contributed by atoms with Crippen molar-refractivity contribution >= 4 is 39.6 Å². The third kappa shape index (κ3) is 2.70. The summed E-state index contributed by atoms with van der Waals surface area (Å²) in [5.74, 6) is -0.208. The summed E-state index contributed by atoms with van der Waals surface area (Å²) in [4.78, 5) is 5.20. The highest BCUT2D eigenvalue weighted by atomic mass is 127. The molecule has 0 fully saturated rings. The molecule has 1 unspecified atom stereocenters. The van der Waals surface area contributed by atoms with E-state index < -0.39 is 0 Å². The second-order valence-corrected chi connectivity index (χ2v) is 5.47. The van der Waals surface area contributed by atoms with E-state index in [2.05, 4.69) is 39.8 Å². The molecule has 1 atom stereocenters. The molecule has 0 aliphatic heterocycles. The van der Waals surface area contributed by atoms with Gasteiger partial charge in [-0.1, -0.05) is 0 Å². The number of halogens is 2. The Morgan fingerprint density at radius 3 is 2.94 bits per heavy atom. The van der Waals surface area contributed by atoms with Crippen LogP contribution in [0.15, 0.2) is 29.9 Å². The van der Waals surface area contributed by atoms with Crippen LogP contribution in [0.4, 0.5) is 10.1 Å². The van der Waals surface area contributed by atoms with Crippen LogP contribution >= 0.6 is 33.9 Å². The molecule has 1 aromatic heterocycles. The lowest BCUT2D eigenvalue weighted by molar-refractivity contribution is 0.627. The maximum Gasteiger partial charge on any atom is 0.124 e. The molecule has 0 spiro atoms. The van der Waals surface area contributed by atoms with E-state index in [4.69, 9.17) is 0 Å². The normalized spacial score (nSPS) is 12.4. The Bertz CT molecular complexity index is 473. The van der Waals surface area contributed by atoms with Crippen LogP contribution in [0.25, 0.3) is 0 Å². The van der Waals surface area contributed by atoms with E-state index in [1.165, 1.54) is 17.0 Å². The topological polar surface area (TPSA) is 24.9 Å². The molecule has 84 valence electrons. The van der Waals surface area contributed by atoms with Crippen molar-refractivity contribution in [1.82, 2.24) is 4.98 Å². The third-order valence-corrected chi connectivity index (χ3v) is 4.03. The van der Waals surface area contributed by atoms with Gasteiger partial charge in [-0.15, -0.1) is 11.3 Å². The van der Waals surface area contributed by atoms with Crippen LogP contribution in [0, 0.1) is 9.39 Å². The molecule has 0 radical (unpaired) electrons. The number of thiazole rings is 1. The summed E-state index contributed by atoms with van der Waals surface area (Å²) in [6, 6.07) is 4.92. The maximum atomic E-state index is 12.9. The van der Waals surface area contributed by atoms with Crippen LogP contribution in [0.1, 0.15) is 17.8 Å². The molecule has 2 rings (SSSR count). The molecule has 0 saturated heterocycles. The average Bonchev–Trinajstić information content (AvgIpc) is 2.75. The first-order valence-electron chi connectivity index (χ1n) is 4.77. The number of hydrogen-bond donors (Lipinski definition) is 1. The van der Waals surface area contributed by atoms with Crippen molar-refractivity contribution in [3.05, 3.63) is 44.2 Å². The lowest BCUT2D eigenvalue weighted by Crippen LogP contribution is -2.06. The minimum absolute atomic E-state index is 0.187. The van der Waals surface area contributed by atoms with Crippen LogP contribution < -0.4 is 5.32 Å². The molecular weight excluding hydrogens is 338 g/mol. The number of aromatic nitrogens is 1. The third-order valence-electron chi connectivity index (χ3n) is 2.18. The minimum atomic E-state index is -0.208. The molecule has 2 nitrogen and oxygen atoms in total. The van der Waals surface area contributed by atoms with Crippen molar-refractivity contribution in [2.45, 2.75) is 13.0 Å². The fraction of sp³-hybridized carbons (Fsp3) is 0.182. The van der Waals surface area contributed by atoms with Crippen molar-refractivity contribution in [2.24, 2.45) is 0 Å². The molecular formula is C11H10FIN2S. The SMILES string of the molecule is CC(Nc1ccc(F)cc1I)c1cncs1. The zero-order valence-corrected chi connectivity index (χ0v) is 11.5. The summed E-state index contributed by atoms with van der Waals surface area (Å²) in [6.45, 7) is 2.06. The van der Waals surface area contributed by atoms with Gasteiger partial charge in [0, 0.05) is 20.3 Å². The van der Waals surface area contributed by atoms with Crippen LogP contribution in [0.3, 0.4) is 0 Å². The highest BCUT2D eigenvalue weighted by Gasteiger charge is 2.09. The highest BCUT2D eigenvalue weighted by molar-refractivity contribution is 14.1. The van der Waals surface area contributed by atoms with Crippen molar-refractivity contribution in [1.29, 1.82) is 0 Å². The molecule has 5 heteroatoms. The fourth-order valence-electron chi connectivity index (χ4n) is 1.35. The number of benzene rings is 1. The first-order chi connectivity index (χ1) is 7.66. The predicted octanol–water partition coefficient (Wildman–Crippen LogP) is 4.06. The standard InChI is InChI=1S/C11H10FIN2S/c1-7(11-5-14-6-16-11)15-10-3-2-8(12)4-9(10)13/h2-7,15H,1H3. The van der Waals surface area contributed by atoms with E-state index in [1.807, 2.05) is 11.7 Å².